The molecular formula is C16H17NO4S. The van der Waals surface area contributed by atoms with E-state index < -0.39 is 0 Å². The van der Waals surface area contributed by atoms with Gasteiger partial charge in [0.1, 0.15) is 21.4 Å². The first-order chi connectivity index (χ1) is 10.5. The van der Waals surface area contributed by atoms with Crippen LogP contribution in [0.2, 0.25) is 0 Å². The van der Waals surface area contributed by atoms with E-state index in [2.05, 4.69) is 4.99 Å². The highest BCUT2D eigenvalue weighted by atomic mass is 32.1. The standard InChI is InChI=1S/C16H17NO4S/c1-4-21-16(19)15-10(2)7-14(22-15)17-9-11-8-12(20-3)5-6-13(11)18/h5-9,18H,4H2,1-3H3. The second-order valence-electron chi connectivity index (χ2n) is 4.50. The highest BCUT2D eigenvalue weighted by Gasteiger charge is 2.14. The predicted molar refractivity (Wildman–Crippen MR) is 86.9 cm³/mol. The number of benzene rings is 1. The molecule has 0 aliphatic heterocycles. The Morgan fingerprint density at radius 1 is 1.41 bits per heavy atom. The normalized spacial score (nSPS) is 10.9. The predicted octanol–water partition coefficient (Wildman–Crippen LogP) is 3.70. The number of carbonyl (C=O) groups excluding carboxylic acids is 1. The van der Waals surface area contributed by atoms with Gasteiger partial charge in [-0.3, -0.25) is 0 Å². The molecule has 6 heteroatoms. The van der Waals surface area contributed by atoms with Crippen molar-refractivity contribution in [3.05, 3.63) is 40.3 Å². The minimum absolute atomic E-state index is 0.114. The lowest BCUT2D eigenvalue weighted by Gasteiger charge is -2.02. The number of phenols is 1. The van der Waals surface area contributed by atoms with Gasteiger partial charge in [-0.25, -0.2) is 9.79 Å². The average molecular weight is 319 g/mol. The highest BCUT2D eigenvalue weighted by molar-refractivity contribution is 7.17. The quantitative estimate of drug-likeness (QED) is 0.674. The Bertz CT molecular complexity index is 706. The van der Waals surface area contributed by atoms with Crippen LogP contribution in [-0.2, 0) is 4.74 Å². The van der Waals surface area contributed by atoms with Crippen LogP contribution < -0.4 is 4.74 Å². The first-order valence-electron chi connectivity index (χ1n) is 6.73. The third-order valence-electron chi connectivity index (χ3n) is 2.93. The van der Waals surface area contributed by atoms with Crippen molar-refractivity contribution in [1.29, 1.82) is 0 Å². The molecule has 2 aromatic rings. The number of aryl methyl sites for hydroxylation is 1. The fraction of sp³-hybridized carbons (Fsp3) is 0.250. The minimum Gasteiger partial charge on any atom is -0.507 e. The summed E-state index contributed by atoms with van der Waals surface area (Å²) in [5.41, 5.74) is 1.37. The third-order valence-corrected chi connectivity index (χ3v) is 4.06. The van der Waals surface area contributed by atoms with Crippen molar-refractivity contribution in [3.63, 3.8) is 0 Å². The van der Waals surface area contributed by atoms with Crippen LogP contribution in [0.25, 0.3) is 0 Å². The number of nitrogens with zero attached hydrogens (tertiary/aromatic N) is 1. The smallest absolute Gasteiger partial charge is 0.348 e. The molecule has 0 bridgehead atoms. The minimum atomic E-state index is -0.337. The summed E-state index contributed by atoms with van der Waals surface area (Å²) in [7, 11) is 1.56. The first-order valence-corrected chi connectivity index (χ1v) is 7.55. The lowest BCUT2D eigenvalue weighted by molar-refractivity contribution is 0.0531. The van der Waals surface area contributed by atoms with Gasteiger partial charge in [-0.1, -0.05) is 0 Å². The summed E-state index contributed by atoms with van der Waals surface area (Å²) in [6.07, 6.45) is 1.54. The van der Waals surface area contributed by atoms with E-state index in [1.54, 1.807) is 32.2 Å². The molecule has 0 fully saturated rings. The zero-order valence-corrected chi connectivity index (χ0v) is 13.4. The van der Waals surface area contributed by atoms with Crippen molar-refractivity contribution < 1.29 is 19.4 Å². The van der Waals surface area contributed by atoms with Crippen LogP contribution >= 0.6 is 11.3 Å². The van der Waals surface area contributed by atoms with Crippen molar-refractivity contribution >= 4 is 28.5 Å². The number of ether oxygens (including phenoxy) is 2. The number of hydrogen-bond donors (Lipinski definition) is 1. The molecule has 0 amide bonds. The molecule has 1 aromatic carbocycles. The maximum Gasteiger partial charge on any atom is 0.348 e. The first kappa shape index (κ1) is 16.0. The Hall–Kier alpha value is -2.34. The van der Waals surface area contributed by atoms with Crippen LogP contribution in [0.5, 0.6) is 11.5 Å². The molecule has 0 aliphatic carbocycles. The van der Waals surface area contributed by atoms with Gasteiger partial charge in [0.25, 0.3) is 0 Å². The van der Waals surface area contributed by atoms with Crippen molar-refractivity contribution in [2.45, 2.75) is 13.8 Å². The Balaban J connectivity index is 2.24. The fourth-order valence-electron chi connectivity index (χ4n) is 1.82. The lowest BCUT2D eigenvalue weighted by atomic mass is 10.2. The van der Waals surface area contributed by atoms with E-state index >= 15 is 0 Å². The summed E-state index contributed by atoms with van der Waals surface area (Å²) in [5.74, 6) is 0.410. The second kappa shape index (κ2) is 7.09. The van der Waals surface area contributed by atoms with Gasteiger partial charge in [-0.2, -0.15) is 0 Å². The number of carbonyl (C=O) groups is 1. The van der Waals surface area contributed by atoms with Crippen LogP contribution in [0.4, 0.5) is 5.00 Å². The molecule has 0 saturated heterocycles. The number of hydrogen-bond acceptors (Lipinski definition) is 6. The summed E-state index contributed by atoms with van der Waals surface area (Å²) < 4.78 is 10.1. The molecule has 116 valence electrons. The Morgan fingerprint density at radius 2 is 2.18 bits per heavy atom. The molecule has 5 nitrogen and oxygen atoms in total. The van der Waals surface area contributed by atoms with Crippen molar-refractivity contribution in [2.75, 3.05) is 13.7 Å². The molecule has 0 saturated carbocycles. The van der Waals surface area contributed by atoms with E-state index in [1.165, 1.54) is 17.6 Å². The fourth-order valence-corrected chi connectivity index (χ4v) is 2.74. The van der Waals surface area contributed by atoms with E-state index in [4.69, 9.17) is 9.47 Å². The third kappa shape index (κ3) is 3.65. The van der Waals surface area contributed by atoms with Gasteiger partial charge in [0, 0.05) is 11.8 Å². The molecule has 0 radical (unpaired) electrons. The average Bonchev–Trinajstić information content (AvgIpc) is 2.88. The molecule has 1 N–H and O–H groups in total. The highest BCUT2D eigenvalue weighted by Crippen LogP contribution is 2.30. The van der Waals surface area contributed by atoms with Gasteiger partial charge in [-0.05, 0) is 43.7 Å². The van der Waals surface area contributed by atoms with E-state index in [0.29, 0.717) is 27.8 Å². The molecule has 0 unspecified atom stereocenters. The van der Waals surface area contributed by atoms with Gasteiger partial charge in [0.05, 0.1) is 13.7 Å². The van der Waals surface area contributed by atoms with Gasteiger partial charge < -0.3 is 14.6 Å². The topological polar surface area (TPSA) is 68.1 Å². The van der Waals surface area contributed by atoms with Gasteiger partial charge in [-0.15, -0.1) is 11.3 Å². The van der Waals surface area contributed by atoms with Crippen molar-refractivity contribution in [2.24, 2.45) is 4.99 Å². The van der Waals surface area contributed by atoms with E-state index in [0.717, 1.165) is 5.56 Å². The molecule has 1 aromatic heterocycles. The number of aliphatic imine (C=N–C) groups is 1. The molecule has 1 heterocycles. The number of rotatable bonds is 5. The van der Waals surface area contributed by atoms with Crippen molar-refractivity contribution in [1.82, 2.24) is 0 Å². The summed E-state index contributed by atoms with van der Waals surface area (Å²) in [4.78, 5) is 16.6. The van der Waals surface area contributed by atoms with E-state index in [9.17, 15) is 9.90 Å². The van der Waals surface area contributed by atoms with E-state index in [1.807, 2.05) is 13.0 Å². The number of thiophene rings is 1. The summed E-state index contributed by atoms with van der Waals surface area (Å²) in [5, 5.41) is 10.5. The number of phenolic OH excluding ortho intramolecular Hbond substituents is 1. The molecule has 22 heavy (non-hydrogen) atoms. The van der Waals surface area contributed by atoms with Crippen LogP contribution in [0.3, 0.4) is 0 Å². The maximum absolute atomic E-state index is 11.8. The Morgan fingerprint density at radius 3 is 2.86 bits per heavy atom. The molecule has 0 spiro atoms. The second-order valence-corrected chi connectivity index (χ2v) is 5.53. The SMILES string of the molecule is CCOC(=O)c1sc(N=Cc2cc(OC)ccc2O)cc1C. The van der Waals surface area contributed by atoms with Gasteiger partial charge in [0.2, 0.25) is 0 Å². The Labute approximate surface area is 132 Å². The number of esters is 1. The van der Waals surface area contributed by atoms with Gasteiger partial charge >= 0.3 is 5.97 Å². The Kier molecular flexibility index (Phi) is 5.16. The largest absolute Gasteiger partial charge is 0.507 e. The van der Waals surface area contributed by atoms with Crippen LogP contribution in [-0.4, -0.2) is 31.0 Å². The molecule has 0 atom stereocenters. The lowest BCUT2D eigenvalue weighted by Crippen LogP contribution is -2.03. The van der Waals surface area contributed by atoms with Gasteiger partial charge in [0.15, 0.2) is 0 Å². The number of aromatic hydroxyl groups is 1. The molecule has 0 aliphatic rings. The summed E-state index contributed by atoms with van der Waals surface area (Å²) in [6, 6.07) is 6.71. The summed E-state index contributed by atoms with van der Waals surface area (Å²) >= 11 is 1.26. The molecular weight excluding hydrogens is 302 g/mol. The zero-order valence-electron chi connectivity index (χ0n) is 12.6. The van der Waals surface area contributed by atoms with Crippen LogP contribution in [0, 0.1) is 6.92 Å². The zero-order chi connectivity index (χ0) is 16.1. The summed E-state index contributed by atoms with van der Waals surface area (Å²) in [6.45, 7) is 3.95. The van der Waals surface area contributed by atoms with Crippen molar-refractivity contribution in [3.8, 4) is 11.5 Å². The van der Waals surface area contributed by atoms with Crippen LogP contribution in [0.15, 0.2) is 29.3 Å². The monoisotopic (exact) mass is 319 g/mol. The van der Waals surface area contributed by atoms with Crippen LogP contribution in [0.1, 0.15) is 27.7 Å². The van der Waals surface area contributed by atoms with E-state index in [-0.39, 0.29) is 11.7 Å². The maximum atomic E-state index is 11.8. The number of methoxy groups -OCH3 is 1. The molecule has 2 rings (SSSR count).